The van der Waals surface area contributed by atoms with Gasteiger partial charge in [0.2, 0.25) is 5.91 Å². The number of aromatic nitrogens is 2. The van der Waals surface area contributed by atoms with Crippen molar-refractivity contribution >= 4 is 22.7 Å². The van der Waals surface area contributed by atoms with E-state index in [1.165, 1.54) is 10.9 Å². The zero-order valence-corrected chi connectivity index (χ0v) is 16.8. The van der Waals surface area contributed by atoms with Crippen LogP contribution < -0.4 is 5.56 Å². The minimum atomic E-state index is -0.688. The van der Waals surface area contributed by atoms with Crippen LogP contribution in [0.1, 0.15) is 37.0 Å². The second kappa shape index (κ2) is 6.13. The van der Waals surface area contributed by atoms with Gasteiger partial charge >= 0.3 is 0 Å². The van der Waals surface area contributed by atoms with Gasteiger partial charge in [0, 0.05) is 25.6 Å². The van der Waals surface area contributed by atoms with E-state index >= 15 is 0 Å². The summed E-state index contributed by atoms with van der Waals surface area (Å²) < 4.78 is 7.62. The monoisotopic (exact) mass is 396 g/mol. The van der Waals surface area contributed by atoms with Crippen molar-refractivity contribution in [2.75, 3.05) is 13.2 Å². The molecule has 0 aliphatic carbocycles. The summed E-state index contributed by atoms with van der Waals surface area (Å²) >= 11 is 0. The van der Waals surface area contributed by atoms with Gasteiger partial charge < -0.3 is 19.1 Å². The zero-order chi connectivity index (χ0) is 20.5. The second-order valence-corrected chi connectivity index (χ2v) is 8.59. The van der Waals surface area contributed by atoms with Crippen molar-refractivity contribution < 1.29 is 14.3 Å². The van der Waals surface area contributed by atoms with Crippen LogP contribution in [0.4, 0.5) is 0 Å². The summed E-state index contributed by atoms with van der Waals surface area (Å²) in [7, 11) is 1.65. The molecule has 3 fully saturated rings. The van der Waals surface area contributed by atoms with Gasteiger partial charge in [-0.05, 0) is 24.1 Å². The van der Waals surface area contributed by atoms with Gasteiger partial charge in [-0.15, -0.1) is 0 Å². The summed E-state index contributed by atoms with van der Waals surface area (Å²) in [5, 5.41) is 0.477. The summed E-state index contributed by atoms with van der Waals surface area (Å²) in [4.78, 5) is 46.3. The Morgan fingerprint density at radius 1 is 1.31 bits per heavy atom. The van der Waals surface area contributed by atoms with Crippen molar-refractivity contribution in [3.63, 3.8) is 0 Å². The number of rotatable bonds is 2. The van der Waals surface area contributed by atoms with E-state index in [9.17, 15) is 14.4 Å². The minimum absolute atomic E-state index is 0.0589. The van der Waals surface area contributed by atoms with Crippen LogP contribution >= 0.6 is 0 Å². The third-order valence-electron chi connectivity index (χ3n) is 6.68. The number of carbonyl (C=O) groups excluding carboxylic acids is 2. The van der Waals surface area contributed by atoms with Crippen LogP contribution in [0.5, 0.6) is 0 Å². The SMILES string of the molecule is CC(C)[C@@H]1CO[C@@]23CCN(C(=O)c4ccc5c(=O)n(C)cnc5c4)[C@@H]2CC(=O)N13. The van der Waals surface area contributed by atoms with Crippen LogP contribution in [-0.2, 0) is 16.6 Å². The highest BCUT2D eigenvalue weighted by Crippen LogP contribution is 2.49. The van der Waals surface area contributed by atoms with Crippen LogP contribution in [0.25, 0.3) is 10.9 Å². The molecule has 3 atom stereocenters. The molecule has 29 heavy (non-hydrogen) atoms. The average molecular weight is 396 g/mol. The number of hydrogen-bond acceptors (Lipinski definition) is 5. The summed E-state index contributed by atoms with van der Waals surface area (Å²) in [6.07, 6.45) is 2.38. The fourth-order valence-corrected chi connectivity index (χ4v) is 5.12. The lowest BCUT2D eigenvalue weighted by molar-refractivity contribution is -0.139. The maximum Gasteiger partial charge on any atom is 0.260 e. The number of likely N-dealkylation sites (tertiary alicyclic amines) is 1. The number of ether oxygens (including phenoxy) is 1. The number of amides is 2. The minimum Gasteiger partial charge on any atom is -0.351 e. The maximum absolute atomic E-state index is 13.3. The first kappa shape index (κ1) is 18.3. The summed E-state index contributed by atoms with van der Waals surface area (Å²) in [5.41, 5.74) is 0.131. The first-order chi connectivity index (χ1) is 13.8. The van der Waals surface area contributed by atoms with E-state index in [1.807, 2.05) is 4.90 Å². The lowest BCUT2D eigenvalue weighted by Gasteiger charge is -2.34. The quantitative estimate of drug-likeness (QED) is 0.760. The molecule has 3 aliphatic heterocycles. The largest absolute Gasteiger partial charge is 0.351 e. The molecule has 0 bridgehead atoms. The smallest absolute Gasteiger partial charge is 0.260 e. The average Bonchev–Trinajstić information content (AvgIpc) is 3.33. The molecule has 0 saturated carbocycles. The topological polar surface area (TPSA) is 84.7 Å². The molecular formula is C21H24N4O4. The molecule has 152 valence electrons. The van der Waals surface area contributed by atoms with Crippen LogP contribution in [0.15, 0.2) is 29.3 Å². The Kier molecular flexibility index (Phi) is 3.87. The third-order valence-corrected chi connectivity index (χ3v) is 6.68. The number of hydrogen-bond donors (Lipinski definition) is 0. The van der Waals surface area contributed by atoms with Crippen molar-refractivity contribution in [3.05, 3.63) is 40.4 Å². The van der Waals surface area contributed by atoms with Crippen molar-refractivity contribution in [2.24, 2.45) is 13.0 Å². The first-order valence-corrected chi connectivity index (χ1v) is 10.1. The van der Waals surface area contributed by atoms with Gasteiger partial charge in [0.25, 0.3) is 11.5 Å². The number of carbonyl (C=O) groups is 2. The molecule has 2 amide bonds. The molecule has 3 aliphatic rings. The summed E-state index contributed by atoms with van der Waals surface area (Å²) in [6, 6.07) is 4.75. The van der Waals surface area contributed by atoms with Crippen LogP contribution in [0, 0.1) is 5.92 Å². The van der Waals surface area contributed by atoms with Crippen molar-refractivity contribution in [2.45, 2.75) is 44.5 Å². The standard InChI is InChI=1S/C21H24N4O4/c1-12(2)16-10-29-21-6-7-24(17(21)9-18(26)25(16)21)19(27)13-4-5-14-15(8-13)22-11-23(3)20(14)28/h4-5,8,11-12,16-17H,6-7,9-10H2,1-3H3/t16-,17+,21-/m0/s1. The van der Waals surface area contributed by atoms with Gasteiger partial charge in [-0.25, -0.2) is 4.98 Å². The number of nitrogens with zero attached hydrogens (tertiary/aromatic N) is 4. The van der Waals surface area contributed by atoms with Gasteiger partial charge in [0.15, 0.2) is 5.72 Å². The van der Waals surface area contributed by atoms with Gasteiger partial charge in [0.1, 0.15) is 0 Å². The maximum atomic E-state index is 13.3. The molecule has 3 saturated heterocycles. The van der Waals surface area contributed by atoms with Crippen molar-refractivity contribution in [1.29, 1.82) is 0 Å². The van der Waals surface area contributed by atoms with Gasteiger partial charge in [-0.1, -0.05) is 13.8 Å². The highest BCUT2D eigenvalue weighted by Gasteiger charge is 2.65. The predicted molar refractivity (Wildman–Crippen MR) is 105 cm³/mol. The van der Waals surface area contributed by atoms with Crippen LogP contribution in [-0.4, -0.2) is 62.1 Å². The molecule has 2 aromatic rings. The van der Waals surface area contributed by atoms with Gasteiger partial charge in [-0.3, -0.25) is 14.4 Å². The third kappa shape index (κ3) is 2.41. The lowest BCUT2D eigenvalue weighted by atomic mass is 10.0. The highest BCUT2D eigenvalue weighted by molar-refractivity contribution is 5.98. The van der Waals surface area contributed by atoms with Crippen molar-refractivity contribution in [3.8, 4) is 0 Å². The summed E-state index contributed by atoms with van der Waals surface area (Å²) in [5.74, 6) is 0.214. The summed E-state index contributed by atoms with van der Waals surface area (Å²) in [6.45, 7) is 5.25. The molecule has 4 heterocycles. The number of benzene rings is 1. The Morgan fingerprint density at radius 3 is 2.86 bits per heavy atom. The molecule has 5 rings (SSSR count). The van der Waals surface area contributed by atoms with Gasteiger partial charge in [-0.2, -0.15) is 0 Å². The Labute approximate surface area is 168 Å². The van der Waals surface area contributed by atoms with E-state index in [1.54, 1.807) is 30.1 Å². The fraction of sp³-hybridized carbons (Fsp3) is 0.524. The lowest BCUT2D eigenvalue weighted by Crippen LogP contribution is -2.51. The van der Waals surface area contributed by atoms with E-state index in [4.69, 9.17) is 4.74 Å². The van der Waals surface area contributed by atoms with E-state index < -0.39 is 5.72 Å². The van der Waals surface area contributed by atoms with Crippen LogP contribution in [0.3, 0.4) is 0 Å². The zero-order valence-electron chi connectivity index (χ0n) is 16.8. The van der Waals surface area contributed by atoms with Crippen molar-refractivity contribution in [1.82, 2.24) is 19.4 Å². The van der Waals surface area contributed by atoms with E-state index in [-0.39, 0.29) is 29.5 Å². The number of aryl methyl sites for hydroxylation is 1. The molecule has 1 aromatic carbocycles. The predicted octanol–water partition coefficient (Wildman–Crippen LogP) is 1.13. The first-order valence-electron chi connectivity index (χ1n) is 10.1. The molecule has 8 nitrogen and oxygen atoms in total. The molecule has 0 unspecified atom stereocenters. The Morgan fingerprint density at radius 2 is 2.10 bits per heavy atom. The second-order valence-electron chi connectivity index (χ2n) is 8.59. The highest BCUT2D eigenvalue weighted by atomic mass is 16.5. The Hall–Kier alpha value is -2.74. The number of fused-ring (bicyclic) bond motifs is 1. The molecule has 0 radical (unpaired) electrons. The molecule has 8 heteroatoms. The van der Waals surface area contributed by atoms with E-state index in [0.717, 1.165) is 0 Å². The van der Waals surface area contributed by atoms with E-state index in [0.29, 0.717) is 48.4 Å². The van der Waals surface area contributed by atoms with E-state index in [2.05, 4.69) is 18.8 Å². The normalized spacial score (nSPS) is 28.5. The Balaban J connectivity index is 1.48. The molecule has 1 aromatic heterocycles. The molecule has 0 N–H and O–H groups in total. The Bertz CT molecular complexity index is 1090. The molecule has 1 spiro atoms. The van der Waals surface area contributed by atoms with Gasteiger partial charge in [0.05, 0.1) is 42.3 Å². The van der Waals surface area contributed by atoms with Crippen LogP contribution in [0.2, 0.25) is 0 Å². The molecular weight excluding hydrogens is 372 g/mol. The fourth-order valence-electron chi connectivity index (χ4n) is 5.12.